The number of nitrogens with two attached hydrogens (primary N) is 1. The van der Waals surface area contributed by atoms with Crippen LogP contribution in [0.1, 0.15) is 44.7 Å². The van der Waals surface area contributed by atoms with Crippen LogP contribution in [0.2, 0.25) is 0 Å². The minimum absolute atomic E-state index is 0.0235. The third kappa shape index (κ3) is 12.7. The Morgan fingerprint density at radius 2 is 1.68 bits per heavy atom. The van der Waals surface area contributed by atoms with E-state index in [2.05, 4.69) is 21.4 Å². The first-order valence-electron chi connectivity index (χ1n) is 15.3. The number of benzene rings is 2. The van der Waals surface area contributed by atoms with Crippen LogP contribution in [0.4, 0.5) is 4.39 Å². The van der Waals surface area contributed by atoms with Gasteiger partial charge in [0.15, 0.2) is 0 Å². The fourth-order valence-electron chi connectivity index (χ4n) is 4.65. The van der Waals surface area contributed by atoms with E-state index < -0.39 is 59.6 Å². The average Bonchev–Trinajstić information content (AvgIpc) is 3.48. The van der Waals surface area contributed by atoms with Crippen LogP contribution in [0, 0.1) is 11.7 Å². The van der Waals surface area contributed by atoms with Gasteiger partial charge >= 0.3 is 5.97 Å². The van der Waals surface area contributed by atoms with E-state index in [0.29, 0.717) is 17.7 Å². The molecule has 1 heterocycles. The molecule has 4 amide bonds. The molecule has 4 atom stereocenters. The number of halogens is 1. The highest BCUT2D eigenvalue weighted by Gasteiger charge is 2.32. The van der Waals surface area contributed by atoms with Crippen LogP contribution in [-0.4, -0.2) is 60.4 Å². The minimum Gasteiger partial charge on any atom is -0.462 e. The van der Waals surface area contributed by atoms with Crippen molar-refractivity contribution in [1.82, 2.24) is 21.4 Å². The number of hydrogen-bond donors (Lipinski definition) is 5. The van der Waals surface area contributed by atoms with Crippen molar-refractivity contribution < 1.29 is 37.9 Å². The highest BCUT2D eigenvalue weighted by Crippen LogP contribution is 2.11. The van der Waals surface area contributed by atoms with Crippen LogP contribution < -0.4 is 27.2 Å². The van der Waals surface area contributed by atoms with E-state index in [1.54, 1.807) is 26.8 Å². The van der Waals surface area contributed by atoms with Crippen molar-refractivity contribution in [3.05, 3.63) is 95.5 Å². The number of ether oxygens (including phenoxy) is 1. The maximum atomic E-state index is 13.7. The van der Waals surface area contributed by atoms with Gasteiger partial charge in [-0.1, -0.05) is 62.4 Å². The first kappa shape index (κ1) is 36.4. The zero-order valence-electron chi connectivity index (χ0n) is 26.7. The van der Waals surface area contributed by atoms with Gasteiger partial charge in [-0.3, -0.25) is 19.2 Å². The molecule has 6 N–H and O–H groups in total. The maximum Gasteiger partial charge on any atom is 0.330 e. The Labute approximate surface area is 273 Å². The second kappa shape index (κ2) is 18.2. The molecule has 0 saturated carbocycles. The van der Waals surface area contributed by atoms with Crippen LogP contribution in [0.15, 0.2) is 78.6 Å². The summed E-state index contributed by atoms with van der Waals surface area (Å²) in [6, 6.07) is 11.1. The van der Waals surface area contributed by atoms with Gasteiger partial charge in [0.2, 0.25) is 23.6 Å². The van der Waals surface area contributed by atoms with E-state index >= 15 is 0 Å². The Kier molecular flexibility index (Phi) is 14.1. The van der Waals surface area contributed by atoms with Gasteiger partial charge in [0, 0.05) is 31.4 Å². The molecule has 12 nitrogen and oxygen atoms in total. The van der Waals surface area contributed by atoms with Gasteiger partial charge in [0.05, 0.1) is 6.61 Å². The first-order chi connectivity index (χ1) is 22.4. The van der Waals surface area contributed by atoms with E-state index in [1.165, 1.54) is 30.3 Å². The van der Waals surface area contributed by atoms with E-state index in [0.717, 1.165) is 11.6 Å². The third-order valence-electron chi connectivity index (χ3n) is 7.24. The van der Waals surface area contributed by atoms with E-state index in [9.17, 15) is 28.4 Å². The predicted octanol–water partition coefficient (Wildman–Crippen LogP) is 1.89. The van der Waals surface area contributed by atoms with Crippen molar-refractivity contribution in [1.29, 1.82) is 0 Å². The van der Waals surface area contributed by atoms with Gasteiger partial charge in [-0.15, -0.1) is 5.48 Å². The molecule has 1 aliphatic rings. The highest BCUT2D eigenvalue weighted by molar-refractivity contribution is 5.94. The van der Waals surface area contributed by atoms with Crippen LogP contribution in [0.25, 0.3) is 0 Å². The van der Waals surface area contributed by atoms with E-state index in [1.807, 2.05) is 30.3 Å². The first-order valence-corrected chi connectivity index (χ1v) is 15.3. The maximum absolute atomic E-state index is 13.7. The summed E-state index contributed by atoms with van der Waals surface area (Å²) in [5, 5.41) is 8.16. The van der Waals surface area contributed by atoms with E-state index in [-0.39, 0.29) is 31.8 Å². The molecule has 13 heteroatoms. The molecule has 0 spiro atoms. The highest BCUT2D eigenvalue weighted by atomic mass is 19.1. The fourth-order valence-corrected chi connectivity index (χ4v) is 4.65. The van der Waals surface area contributed by atoms with Gasteiger partial charge in [0.1, 0.15) is 29.7 Å². The Morgan fingerprint density at radius 1 is 0.979 bits per heavy atom. The summed E-state index contributed by atoms with van der Waals surface area (Å²) in [5.74, 6) is -3.34. The summed E-state index contributed by atoms with van der Waals surface area (Å²) < 4.78 is 18.9. The molecular formula is C34H42FN5O7. The quantitative estimate of drug-likeness (QED) is 0.127. The van der Waals surface area contributed by atoms with Crippen molar-refractivity contribution in [2.45, 2.75) is 70.6 Å². The molecule has 0 fully saturated rings. The molecule has 252 valence electrons. The molecule has 0 aromatic heterocycles. The minimum atomic E-state index is -1.18. The Hall–Kier alpha value is -5.04. The molecule has 0 bridgehead atoms. The molecule has 3 rings (SSSR count). The monoisotopic (exact) mass is 651 g/mol. The normalized spacial score (nSPS) is 16.0. The topological polar surface area (TPSA) is 178 Å². The largest absolute Gasteiger partial charge is 0.462 e. The lowest BCUT2D eigenvalue weighted by Crippen LogP contribution is -2.58. The third-order valence-corrected chi connectivity index (χ3v) is 7.24. The number of hydrogen-bond acceptors (Lipinski definition) is 8. The standard InChI is InChI=1S/C34H42FN5O7/c1-21(2)31(39-33(44)28-19-22(3)47-40-28)34(45)38-27(20-24-9-11-25(35)12-10-24)32(43)37-26(13-15-29(36)41)14-16-30(42)46-18-17-23-7-5-4-6-8-23/h4-12,14,16,19,21,26-28,31,40H,13,15,17-18,20H2,1-3H3,(H2,36,41)(H,37,43)(H,38,45)(H,39,44)/b16-14+/t26-,27-,28?,31+/m0/s1. The lowest BCUT2D eigenvalue weighted by molar-refractivity contribution is -0.137. The van der Waals surface area contributed by atoms with Crippen LogP contribution in [0.3, 0.4) is 0 Å². The summed E-state index contributed by atoms with van der Waals surface area (Å²) in [6.07, 6.45) is 4.59. The number of amides is 4. The number of nitrogens with one attached hydrogen (secondary N) is 4. The van der Waals surface area contributed by atoms with Gasteiger partial charge < -0.3 is 31.3 Å². The molecule has 0 aliphatic carbocycles. The molecule has 1 unspecified atom stereocenters. The van der Waals surface area contributed by atoms with Crippen LogP contribution >= 0.6 is 0 Å². The number of hydroxylamine groups is 1. The van der Waals surface area contributed by atoms with Crippen molar-refractivity contribution in [3.63, 3.8) is 0 Å². The molecule has 1 aliphatic heterocycles. The second-order valence-electron chi connectivity index (χ2n) is 11.5. The van der Waals surface area contributed by atoms with Gasteiger partial charge in [-0.25, -0.2) is 9.18 Å². The lowest BCUT2D eigenvalue weighted by atomic mass is 10.00. The molecule has 2 aromatic rings. The van der Waals surface area contributed by atoms with Crippen molar-refractivity contribution >= 4 is 29.6 Å². The van der Waals surface area contributed by atoms with Gasteiger partial charge in [-0.05, 0) is 48.6 Å². The SMILES string of the molecule is CC1=CC(C(=O)N[C@@H](C(=O)N[C@@H](Cc2ccc(F)cc2)C(=O)N[C@H](/C=C/C(=O)OCCc2ccccc2)CCC(N)=O)C(C)C)NO1. The van der Waals surface area contributed by atoms with Gasteiger partial charge in [0.25, 0.3) is 0 Å². The number of esters is 1. The predicted molar refractivity (Wildman–Crippen MR) is 171 cm³/mol. The number of rotatable bonds is 17. The molecule has 0 saturated heterocycles. The Balaban J connectivity index is 1.73. The number of allylic oxidation sites excluding steroid dienone is 1. The zero-order chi connectivity index (χ0) is 34.3. The fraction of sp³-hybridized carbons (Fsp3) is 0.382. The second-order valence-corrected chi connectivity index (χ2v) is 11.5. The number of carbonyl (C=O) groups is 5. The van der Waals surface area contributed by atoms with Crippen LogP contribution in [-0.2, 0) is 46.4 Å². The Bertz CT molecular complexity index is 1450. The van der Waals surface area contributed by atoms with Crippen molar-refractivity contribution in [2.75, 3.05) is 6.61 Å². The molecular weight excluding hydrogens is 609 g/mol. The smallest absolute Gasteiger partial charge is 0.330 e. The number of carbonyl (C=O) groups excluding carboxylic acids is 5. The summed E-state index contributed by atoms with van der Waals surface area (Å²) in [4.78, 5) is 69.0. The molecule has 47 heavy (non-hydrogen) atoms. The molecule has 0 radical (unpaired) electrons. The molecule has 2 aromatic carbocycles. The van der Waals surface area contributed by atoms with E-state index in [4.69, 9.17) is 15.3 Å². The van der Waals surface area contributed by atoms with Crippen molar-refractivity contribution in [3.8, 4) is 0 Å². The van der Waals surface area contributed by atoms with Gasteiger partial charge in [-0.2, -0.15) is 0 Å². The zero-order valence-corrected chi connectivity index (χ0v) is 26.7. The summed E-state index contributed by atoms with van der Waals surface area (Å²) in [6.45, 7) is 5.29. The Morgan fingerprint density at radius 3 is 2.30 bits per heavy atom. The lowest BCUT2D eigenvalue weighted by Gasteiger charge is -2.27. The summed E-state index contributed by atoms with van der Waals surface area (Å²) in [7, 11) is 0. The van der Waals surface area contributed by atoms with Crippen molar-refractivity contribution in [2.24, 2.45) is 11.7 Å². The van der Waals surface area contributed by atoms with Crippen LogP contribution in [0.5, 0.6) is 0 Å². The number of primary amides is 1. The summed E-state index contributed by atoms with van der Waals surface area (Å²) in [5.41, 5.74) is 9.45. The summed E-state index contributed by atoms with van der Waals surface area (Å²) >= 11 is 0. The average molecular weight is 652 g/mol.